The molecule has 2 N–H and O–H groups in total. The fourth-order valence-electron chi connectivity index (χ4n) is 2.50. The van der Waals surface area contributed by atoms with Crippen LogP contribution < -0.4 is 10.6 Å². The minimum atomic E-state index is -3.43. The van der Waals surface area contributed by atoms with Gasteiger partial charge in [-0.15, -0.1) is 0 Å². The quantitative estimate of drug-likeness (QED) is 0.758. The van der Waals surface area contributed by atoms with Crippen molar-refractivity contribution in [1.29, 1.82) is 0 Å². The Morgan fingerprint density at radius 3 is 2.48 bits per heavy atom. The number of hydrogen-bond donors (Lipinski definition) is 2. The third-order valence-electron chi connectivity index (χ3n) is 3.77. The number of amides is 1. The Labute approximate surface area is 149 Å². The lowest BCUT2D eigenvalue weighted by atomic mass is 10.1. The lowest BCUT2D eigenvalue weighted by Crippen LogP contribution is -2.38. The van der Waals surface area contributed by atoms with Crippen LogP contribution in [0.5, 0.6) is 0 Å². The molecular weight excluding hydrogens is 336 g/mol. The molecule has 0 aliphatic rings. The summed E-state index contributed by atoms with van der Waals surface area (Å²) in [7, 11) is -3.43. The average molecular weight is 360 g/mol. The van der Waals surface area contributed by atoms with E-state index in [1.807, 2.05) is 13.8 Å². The highest BCUT2D eigenvalue weighted by atomic mass is 32.2. The van der Waals surface area contributed by atoms with E-state index in [0.29, 0.717) is 17.7 Å². The van der Waals surface area contributed by atoms with Gasteiger partial charge in [-0.2, -0.15) is 0 Å². The van der Waals surface area contributed by atoms with Crippen LogP contribution in [-0.4, -0.2) is 33.5 Å². The fraction of sp³-hybridized carbons (Fsp3) is 0.316. The third kappa shape index (κ3) is 5.69. The molecule has 134 valence electrons. The molecule has 0 aliphatic carbocycles. The Morgan fingerprint density at radius 2 is 1.80 bits per heavy atom. The maximum atomic E-state index is 12.5. The maximum Gasteiger partial charge on any atom is 0.251 e. The molecule has 5 nitrogen and oxygen atoms in total. The Hall–Kier alpha value is -2.18. The first-order valence-electron chi connectivity index (χ1n) is 8.30. The molecule has 0 spiro atoms. The van der Waals surface area contributed by atoms with Crippen molar-refractivity contribution in [2.24, 2.45) is 0 Å². The second kappa shape index (κ2) is 8.78. The number of rotatable bonds is 8. The summed E-state index contributed by atoms with van der Waals surface area (Å²) in [4.78, 5) is 12.5. The first-order valence-corrected chi connectivity index (χ1v) is 9.96. The van der Waals surface area contributed by atoms with Crippen LogP contribution in [0.15, 0.2) is 59.5 Å². The largest absolute Gasteiger partial charge is 0.350 e. The van der Waals surface area contributed by atoms with E-state index in [9.17, 15) is 13.2 Å². The Bertz CT molecular complexity index is 804. The highest BCUT2D eigenvalue weighted by Crippen LogP contribution is 2.17. The van der Waals surface area contributed by atoms with Crippen molar-refractivity contribution >= 4 is 15.7 Å². The molecule has 6 heteroatoms. The standard InChI is InChI=1S/C19H24N2O3S/c1-3-20-15(2)13-21-19(22)17-9-7-8-16(12-17)14-25(23,24)18-10-5-4-6-11-18/h4-12,15,20H,3,13-14H2,1-2H3,(H,21,22)/t15-/m1/s1. The summed E-state index contributed by atoms with van der Waals surface area (Å²) < 4.78 is 24.9. The topological polar surface area (TPSA) is 75.3 Å². The lowest BCUT2D eigenvalue weighted by molar-refractivity contribution is 0.0950. The van der Waals surface area contributed by atoms with Gasteiger partial charge in [-0.25, -0.2) is 8.42 Å². The normalized spacial score (nSPS) is 12.6. The maximum absolute atomic E-state index is 12.5. The molecule has 0 heterocycles. The second-order valence-corrected chi connectivity index (χ2v) is 7.93. The SMILES string of the molecule is CCN[C@H](C)CNC(=O)c1cccc(CS(=O)(=O)c2ccccc2)c1. The van der Waals surface area contributed by atoms with Gasteiger partial charge in [0.1, 0.15) is 0 Å². The molecule has 0 aromatic heterocycles. The Kier molecular flexibility index (Phi) is 6.73. The molecule has 0 radical (unpaired) electrons. The molecule has 2 aromatic carbocycles. The average Bonchev–Trinajstić information content (AvgIpc) is 2.60. The second-order valence-electron chi connectivity index (χ2n) is 5.94. The highest BCUT2D eigenvalue weighted by molar-refractivity contribution is 7.90. The van der Waals surface area contributed by atoms with Crippen LogP contribution >= 0.6 is 0 Å². The third-order valence-corrected chi connectivity index (χ3v) is 5.47. The van der Waals surface area contributed by atoms with Crippen LogP contribution in [0, 0.1) is 0 Å². The van der Waals surface area contributed by atoms with E-state index >= 15 is 0 Å². The lowest BCUT2D eigenvalue weighted by Gasteiger charge is -2.13. The minimum absolute atomic E-state index is 0.133. The van der Waals surface area contributed by atoms with Gasteiger partial charge < -0.3 is 10.6 Å². The van der Waals surface area contributed by atoms with Gasteiger partial charge in [-0.05, 0) is 43.3 Å². The van der Waals surface area contributed by atoms with E-state index in [1.165, 1.54) is 0 Å². The van der Waals surface area contributed by atoms with Crippen LogP contribution in [0.3, 0.4) is 0 Å². The van der Waals surface area contributed by atoms with Gasteiger partial charge in [-0.3, -0.25) is 4.79 Å². The fourth-order valence-corrected chi connectivity index (χ4v) is 3.86. The number of carbonyl (C=O) groups excluding carboxylic acids is 1. The van der Waals surface area contributed by atoms with Crippen molar-refractivity contribution in [3.8, 4) is 0 Å². The summed E-state index contributed by atoms with van der Waals surface area (Å²) in [6.07, 6.45) is 0. The van der Waals surface area contributed by atoms with E-state index < -0.39 is 9.84 Å². The number of carbonyl (C=O) groups is 1. The highest BCUT2D eigenvalue weighted by Gasteiger charge is 2.16. The van der Waals surface area contributed by atoms with Gasteiger partial charge in [0, 0.05) is 18.2 Å². The summed E-state index contributed by atoms with van der Waals surface area (Å²) in [5, 5.41) is 6.07. The number of hydrogen-bond acceptors (Lipinski definition) is 4. The molecule has 0 bridgehead atoms. The molecule has 1 atom stereocenters. The van der Waals surface area contributed by atoms with Gasteiger partial charge in [0.25, 0.3) is 5.91 Å². The zero-order chi connectivity index (χ0) is 18.3. The van der Waals surface area contributed by atoms with Gasteiger partial charge in [0.15, 0.2) is 9.84 Å². The van der Waals surface area contributed by atoms with E-state index in [0.717, 1.165) is 6.54 Å². The summed E-state index contributed by atoms with van der Waals surface area (Å²) >= 11 is 0. The Balaban J connectivity index is 2.07. The van der Waals surface area contributed by atoms with Crippen LogP contribution in [0.4, 0.5) is 0 Å². The van der Waals surface area contributed by atoms with E-state index in [4.69, 9.17) is 0 Å². The molecule has 1 amide bonds. The molecule has 0 saturated carbocycles. The number of likely N-dealkylation sites (N-methyl/N-ethyl adjacent to an activating group) is 1. The van der Waals surface area contributed by atoms with Crippen LogP contribution in [0.1, 0.15) is 29.8 Å². The van der Waals surface area contributed by atoms with E-state index in [1.54, 1.807) is 54.6 Å². The Morgan fingerprint density at radius 1 is 1.08 bits per heavy atom. The zero-order valence-corrected chi connectivity index (χ0v) is 15.3. The smallest absolute Gasteiger partial charge is 0.251 e. The van der Waals surface area contributed by atoms with Crippen molar-refractivity contribution in [3.05, 3.63) is 65.7 Å². The van der Waals surface area contributed by atoms with Crippen molar-refractivity contribution in [2.75, 3.05) is 13.1 Å². The predicted molar refractivity (Wildman–Crippen MR) is 99.2 cm³/mol. The molecule has 0 aliphatic heterocycles. The van der Waals surface area contributed by atoms with Crippen molar-refractivity contribution < 1.29 is 13.2 Å². The number of sulfone groups is 1. The first kappa shape index (κ1) is 19.1. The van der Waals surface area contributed by atoms with Crippen molar-refractivity contribution in [3.63, 3.8) is 0 Å². The van der Waals surface area contributed by atoms with Gasteiger partial charge in [-0.1, -0.05) is 37.3 Å². The van der Waals surface area contributed by atoms with Crippen LogP contribution in [0.2, 0.25) is 0 Å². The molecule has 2 aromatic rings. The molecule has 25 heavy (non-hydrogen) atoms. The molecule has 0 saturated heterocycles. The predicted octanol–water partition coefficient (Wildman–Crippen LogP) is 2.39. The molecule has 0 unspecified atom stereocenters. The van der Waals surface area contributed by atoms with Crippen molar-refractivity contribution in [2.45, 2.75) is 30.5 Å². The first-order chi connectivity index (χ1) is 11.9. The summed E-state index contributed by atoms with van der Waals surface area (Å²) in [5.74, 6) is -0.338. The molecule has 0 fully saturated rings. The van der Waals surface area contributed by atoms with Crippen LogP contribution in [0.25, 0.3) is 0 Å². The van der Waals surface area contributed by atoms with Gasteiger partial charge >= 0.3 is 0 Å². The monoisotopic (exact) mass is 360 g/mol. The molecule has 2 rings (SSSR count). The van der Waals surface area contributed by atoms with E-state index in [2.05, 4.69) is 10.6 Å². The molecular formula is C19H24N2O3S. The van der Waals surface area contributed by atoms with Crippen molar-refractivity contribution in [1.82, 2.24) is 10.6 Å². The summed E-state index contributed by atoms with van der Waals surface area (Å²) in [6, 6.07) is 15.2. The number of benzene rings is 2. The van der Waals surface area contributed by atoms with Crippen LogP contribution in [-0.2, 0) is 15.6 Å². The minimum Gasteiger partial charge on any atom is -0.350 e. The number of nitrogens with one attached hydrogen (secondary N) is 2. The summed E-state index contributed by atoms with van der Waals surface area (Å²) in [6.45, 7) is 5.35. The van der Waals surface area contributed by atoms with Gasteiger partial charge in [0.2, 0.25) is 0 Å². The summed E-state index contributed by atoms with van der Waals surface area (Å²) in [5.41, 5.74) is 1.06. The zero-order valence-electron chi connectivity index (χ0n) is 14.5. The van der Waals surface area contributed by atoms with E-state index in [-0.39, 0.29) is 22.6 Å². The van der Waals surface area contributed by atoms with Gasteiger partial charge in [0.05, 0.1) is 10.6 Å².